The lowest BCUT2D eigenvalue weighted by molar-refractivity contribution is 0.0111. The Hall–Kier alpha value is -0.770. The van der Waals surface area contributed by atoms with Gasteiger partial charge in [-0.1, -0.05) is 11.6 Å². The van der Waals surface area contributed by atoms with Crippen LogP contribution in [0, 0.1) is 0 Å². The predicted octanol–water partition coefficient (Wildman–Crippen LogP) is 3.40. The molecule has 0 radical (unpaired) electrons. The van der Waals surface area contributed by atoms with Gasteiger partial charge in [-0.05, 0) is 50.9 Å². The lowest BCUT2D eigenvalue weighted by Gasteiger charge is -2.28. The Morgan fingerprint density at radius 1 is 1.26 bits per heavy atom. The summed E-state index contributed by atoms with van der Waals surface area (Å²) in [7, 11) is 3.70. The van der Waals surface area contributed by atoms with Crippen molar-refractivity contribution in [1.29, 1.82) is 0 Å². The van der Waals surface area contributed by atoms with Crippen LogP contribution in [0.5, 0.6) is 5.75 Å². The van der Waals surface area contributed by atoms with Gasteiger partial charge < -0.3 is 14.8 Å². The predicted molar refractivity (Wildman–Crippen MR) is 77.9 cm³/mol. The maximum absolute atomic E-state index is 6.01. The molecule has 1 aromatic carbocycles. The minimum atomic E-state index is 0.355. The third kappa shape index (κ3) is 4.10. The molecule has 4 heteroatoms. The molecule has 1 fully saturated rings. The second-order valence-corrected chi connectivity index (χ2v) is 5.47. The van der Waals surface area contributed by atoms with Gasteiger partial charge >= 0.3 is 0 Å². The number of methoxy groups -OCH3 is 1. The molecule has 19 heavy (non-hydrogen) atoms. The number of rotatable bonds is 5. The van der Waals surface area contributed by atoms with Crippen molar-refractivity contribution in [3.05, 3.63) is 28.8 Å². The van der Waals surface area contributed by atoms with Crippen LogP contribution < -0.4 is 10.1 Å². The van der Waals surface area contributed by atoms with Gasteiger partial charge in [-0.3, -0.25) is 0 Å². The largest absolute Gasteiger partial charge is 0.496 e. The normalized spacial score (nSPS) is 23.3. The van der Waals surface area contributed by atoms with E-state index in [0.717, 1.165) is 29.2 Å². The van der Waals surface area contributed by atoms with E-state index in [1.54, 1.807) is 7.11 Å². The summed E-state index contributed by atoms with van der Waals surface area (Å²) in [4.78, 5) is 0. The van der Waals surface area contributed by atoms with Crippen LogP contribution in [0.4, 0.5) is 0 Å². The van der Waals surface area contributed by atoms with E-state index in [2.05, 4.69) is 5.32 Å². The molecule has 1 aliphatic rings. The SMILES string of the molecule is CNC1CCC(OCc2cc(Cl)ccc2OC)CC1. The molecule has 0 bridgehead atoms. The standard InChI is InChI=1S/C15H22ClNO2/c1-17-13-4-6-14(7-5-13)19-10-11-9-12(16)3-8-15(11)18-2/h3,8-9,13-14,17H,4-7,10H2,1-2H3. The first-order chi connectivity index (χ1) is 9.22. The summed E-state index contributed by atoms with van der Waals surface area (Å²) in [5, 5.41) is 4.05. The lowest BCUT2D eigenvalue weighted by Crippen LogP contribution is -2.32. The first-order valence-electron chi connectivity index (χ1n) is 6.84. The zero-order valence-corrected chi connectivity index (χ0v) is 12.4. The summed E-state index contributed by atoms with van der Waals surface area (Å²) in [5.41, 5.74) is 1.02. The van der Waals surface area contributed by atoms with E-state index >= 15 is 0 Å². The Labute approximate surface area is 120 Å². The fourth-order valence-electron chi connectivity index (χ4n) is 2.59. The van der Waals surface area contributed by atoms with E-state index in [0.29, 0.717) is 18.8 Å². The first kappa shape index (κ1) is 14.6. The Balaban J connectivity index is 1.87. The monoisotopic (exact) mass is 283 g/mol. The molecular weight excluding hydrogens is 262 g/mol. The molecule has 1 aliphatic carbocycles. The average Bonchev–Trinajstić information content (AvgIpc) is 2.46. The van der Waals surface area contributed by atoms with E-state index < -0.39 is 0 Å². The highest BCUT2D eigenvalue weighted by molar-refractivity contribution is 6.30. The van der Waals surface area contributed by atoms with Crippen molar-refractivity contribution in [2.45, 2.75) is 44.4 Å². The molecule has 0 saturated heterocycles. The van der Waals surface area contributed by atoms with Gasteiger partial charge in [0.15, 0.2) is 0 Å². The molecule has 0 amide bonds. The summed E-state index contributed by atoms with van der Waals surface area (Å²) in [6.45, 7) is 0.568. The number of nitrogens with one attached hydrogen (secondary N) is 1. The third-order valence-corrected chi connectivity index (χ3v) is 4.03. The van der Waals surface area contributed by atoms with Gasteiger partial charge in [0.1, 0.15) is 5.75 Å². The topological polar surface area (TPSA) is 30.5 Å². The minimum absolute atomic E-state index is 0.355. The molecular formula is C15H22ClNO2. The number of ether oxygens (including phenoxy) is 2. The Kier molecular flexibility index (Phi) is 5.49. The highest BCUT2D eigenvalue weighted by atomic mass is 35.5. The zero-order valence-electron chi connectivity index (χ0n) is 11.6. The molecule has 2 rings (SSSR count). The van der Waals surface area contributed by atoms with Crippen molar-refractivity contribution < 1.29 is 9.47 Å². The number of halogens is 1. The van der Waals surface area contributed by atoms with Gasteiger partial charge in [0.05, 0.1) is 19.8 Å². The van der Waals surface area contributed by atoms with Crippen molar-refractivity contribution in [2.24, 2.45) is 0 Å². The van der Waals surface area contributed by atoms with E-state index in [9.17, 15) is 0 Å². The number of benzene rings is 1. The van der Waals surface area contributed by atoms with Crippen LogP contribution in [-0.4, -0.2) is 26.3 Å². The molecule has 1 aromatic rings. The van der Waals surface area contributed by atoms with Crippen LogP contribution in [-0.2, 0) is 11.3 Å². The molecule has 0 aromatic heterocycles. The molecule has 0 unspecified atom stereocenters. The smallest absolute Gasteiger partial charge is 0.124 e. The highest BCUT2D eigenvalue weighted by Gasteiger charge is 2.20. The van der Waals surface area contributed by atoms with E-state index in [1.165, 1.54) is 12.8 Å². The van der Waals surface area contributed by atoms with Gasteiger partial charge in [0, 0.05) is 16.6 Å². The van der Waals surface area contributed by atoms with Crippen LogP contribution in [0.25, 0.3) is 0 Å². The van der Waals surface area contributed by atoms with Gasteiger partial charge in [-0.25, -0.2) is 0 Å². The second kappa shape index (κ2) is 7.13. The minimum Gasteiger partial charge on any atom is -0.496 e. The van der Waals surface area contributed by atoms with Crippen molar-refractivity contribution in [3.63, 3.8) is 0 Å². The van der Waals surface area contributed by atoms with Gasteiger partial charge in [0.25, 0.3) is 0 Å². The third-order valence-electron chi connectivity index (χ3n) is 3.80. The number of hydrogen-bond donors (Lipinski definition) is 1. The molecule has 3 nitrogen and oxygen atoms in total. The van der Waals surface area contributed by atoms with Crippen LogP contribution in [0.2, 0.25) is 5.02 Å². The average molecular weight is 284 g/mol. The van der Waals surface area contributed by atoms with Crippen molar-refractivity contribution in [2.75, 3.05) is 14.2 Å². The van der Waals surface area contributed by atoms with Crippen LogP contribution in [0.3, 0.4) is 0 Å². The first-order valence-corrected chi connectivity index (χ1v) is 7.22. The summed E-state index contributed by atoms with van der Waals surface area (Å²) < 4.78 is 11.3. The molecule has 0 aliphatic heterocycles. The highest BCUT2D eigenvalue weighted by Crippen LogP contribution is 2.26. The summed E-state index contributed by atoms with van der Waals surface area (Å²) in [6.07, 6.45) is 4.97. The Bertz CT molecular complexity index is 403. The van der Waals surface area contributed by atoms with Crippen molar-refractivity contribution in [1.82, 2.24) is 5.32 Å². The fraction of sp³-hybridized carbons (Fsp3) is 0.600. The molecule has 1 saturated carbocycles. The molecule has 0 spiro atoms. The zero-order chi connectivity index (χ0) is 13.7. The van der Waals surface area contributed by atoms with E-state index in [4.69, 9.17) is 21.1 Å². The van der Waals surface area contributed by atoms with Crippen LogP contribution in [0.15, 0.2) is 18.2 Å². The summed E-state index contributed by atoms with van der Waals surface area (Å²) >= 11 is 6.01. The molecule has 0 atom stereocenters. The maximum Gasteiger partial charge on any atom is 0.124 e. The van der Waals surface area contributed by atoms with Gasteiger partial charge in [-0.2, -0.15) is 0 Å². The van der Waals surface area contributed by atoms with Crippen molar-refractivity contribution in [3.8, 4) is 5.75 Å². The Morgan fingerprint density at radius 3 is 2.63 bits per heavy atom. The van der Waals surface area contributed by atoms with Gasteiger partial charge in [-0.15, -0.1) is 0 Å². The van der Waals surface area contributed by atoms with E-state index in [1.807, 2.05) is 25.2 Å². The quantitative estimate of drug-likeness (QED) is 0.898. The Morgan fingerprint density at radius 2 is 2.00 bits per heavy atom. The van der Waals surface area contributed by atoms with Crippen LogP contribution in [0.1, 0.15) is 31.2 Å². The molecule has 106 valence electrons. The lowest BCUT2D eigenvalue weighted by atomic mass is 9.93. The number of hydrogen-bond acceptors (Lipinski definition) is 3. The summed E-state index contributed by atoms with van der Waals surface area (Å²) in [5.74, 6) is 0.841. The second-order valence-electron chi connectivity index (χ2n) is 5.03. The fourth-order valence-corrected chi connectivity index (χ4v) is 2.78. The van der Waals surface area contributed by atoms with E-state index in [-0.39, 0.29) is 0 Å². The van der Waals surface area contributed by atoms with Gasteiger partial charge in [0.2, 0.25) is 0 Å². The maximum atomic E-state index is 6.01. The molecule has 0 heterocycles. The summed E-state index contributed by atoms with van der Waals surface area (Å²) in [6, 6.07) is 6.29. The van der Waals surface area contributed by atoms with Crippen molar-refractivity contribution >= 4 is 11.6 Å². The molecule has 1 N–H and O–H groups in total. The van der Waals surface area contributed by atoms with Crippen LogP contribution >= 0.6 is 11.6 Å².